The molecular formula is C22H23N3O3. The first kappa shape index (κ1) is 19.2. The van der Waals surface area contributed by atoms with E-state index in [1.807, 2.05) is 48.5 Å². The van der Waals surface area contributed by atoms with Crippen molar-refractivity contribution in [2.75, 3.05) is 26.1 Å². The Morgan fingerprint density at radius 3 is 2.46 bits per heavy atom. The lowest BCUT2D eigenvalue weighted by molar-refractivity contribution is 0.0953. The molecule has 0 bridgehead atoms. The second-order valence-corrected chi connectivity index (χ2v) is 6.11. The summed E-state index contributed by atoms with van der Waals surface area (Å²) in [5.41, 5.74) is 3.05. The number of rotatable bonds is 8. The number of benzene rings is 2. The number of nitrogens with one attached hydrogen (secondary N) is 2. The summed E-state index contributed by atoms with van der Waals surface area (Å²) in [6.07, 6.45) is 3.90. The van der Waals surface area contributed by atoms with Crippen molar-refractivity contribution >= 4 is 17.3 Å². The van der Waals surface area contributed by atoms with Gasteiger partial charge in [0.05, 0.1) is 37.4 Å². The summed E-state index contributed by atoms with van der Waals surface area (Å²) in [5.74, 6) is 1.36. The molecule has 0 unspecified atom stereocenters. The van der Waals surface area contributed by atoms with Crippen LogP contribution in [-0.4, -0.2) is 31.7 Å². The average Bonchev–Trinajstić information content (AvgIpc) is 2.74. The third-order valence-electron chi connectivity index (χ3n) is 4.26. The largest absolute Gasteiger partial charge is 0.496 e. The second kappa shape index (κ2) is 9.41. The van der Waals surface area contributed by atoms with Gasteiger partial charge in [0.2, 0.25) is 0 Å². The van der Waals surface area contributed by atoms with Gasteiger partial charge in [-0.1, -0.05) is 30.3 Å². The Morgan fingerprint density at radius 1 is 0.964 bits per heavy atom. The summed E-state index contributed by atoms with van der Waals surface area (Å²) in [5, 5.41) is 6.16. The topological polar surface area (TPSA) is 72.5 Å². The normalized spacial score (nSPS) is 10.2. The molecule has 0 spiro atoms. The number of aromatic nitrogens is 1. The lowest BCUT2D eigenvalue weighted by Gasteiger charge is -2.12. The van der Waals surface area contributed by atoms with E-state index in [0.717, 1.165) is 17.0 Å². The summed E-state index contributed by atoms with van der Waals surface area (Å²) < 4.78 is 10.7. The van der Waals surface area contributed by atoms with Crippen LogP contribution in [0.5, 0.6) is 11.5 Å². The van der Waals surface area contributed by atoms with Gasteiger partial charge in [-0.25, -0.2) is 0 Å². The van der Waals surface area contributed by atoms with Crippen molar-refractivity contribution in [1.29, 1.82) is 0 Å². The molecule has 1 amide bonds. The number of carbonyl (C=O) groups is 1. The van der Waals surface area contributed by atoms with Crippen LogP contribution >= 0.6 is 0 Å². The van der Waals surface area contributed by atoms with Gasteiger partial charge in [0, 0.05) is 12.7 Å². The lowest BCUT2D eigenvalue weighted by Crippen LogP contribution is -2.26. The molecular weight excluding hydrogens is 354 g/mol. The third kappa shape index (κ3) is 4.79. The number of carbonyl (C=O) groups excluding carboxylic acids is 1. The molecule has 2 aromatic carbocycles. The van der Waals surface area contributed by atoms with Crippen LogP contribution in [0, 0.1) is 0 Å². The minimum atomic E-state index is -0.175. The van der Waals surface area contributed by atoms with Crippen LogP contribution in [0.2, 0.25) is 0 Å². The van der Waals surface area contributed by atoms with Gasteiger partial charge in [0.1, 0.15) is 11.5 Å². The van der Waals surface area contributed by atoms with Gasteiger partial charge in [0.25, 0.3) is 5.91 Å². The number of nitrogens with zero attached hydrogens (tertiary/aromatic N) is 1. The fourth-order valence-electron chi connectivity index (χ4n) is 2.86. The van der Waals surface area contributed by atoms with Gasteiger partial charge < -0.3 is 20.1 Å². The summed E-state index contributed by atoms with van der Waals surface area (Å²) >= 11 is 0. The van der Waals surface area contributed by atoms with E-state index < -0.39 is 0 Å². The van der Waals surface area contributed by atoms with Crippen LogP contribution < -0.4 is 20.1 Å². The van der Waals surface area contributed by atoms with Crippen LogP contribution in [0.1, 0.15) is 15.9 Å². The summed E-state index contributed by atoms with van der Waals surface area (Å²) in [6.45, 7) is 0.503. The predicted molar refractivity (Wildman–Crippen MR) is 110 cm³/mol. The highest BCUT2D eigenvalue weighted by Crippen LogP contribution is 2.26. The van der Waals surface area contributed by atoms with Gasteiger partial charge in [-0.3, -0.25) is 9.78 Å². The maximum absolute atomic E-state index is 12.5. The zero-order chi connectivity index (χ0) is 19.8. The maximum Gasteiger partial charge on any atom is 0.252 e. The number of para-hydroxylation sites is 3. The first-order valence-corrected chi connectivity index (χ1v) is 8.96. The predicted octanol–water partition coefficient (Wildman–Crippen LogP) is 3.81. The molecule has 1 aromatic heterocycles. The third-order valence-corrected chi connectivity index (χ3v) is 4.26. The van der Waals surface area contributed by atoms with Crippen LogP contribution in [0.15, 0.2) is 67.0 Å². The molecule has 28 heavy (non-hydrogen) atoms. The molecule has 0 fully saturated rings. The molecule has 3 rings (SSSR count). The Labute approximate surface area is 164 Å². The van der Waals surface area contributed by atoms with E-state index in [-0.39, 0.29) is 5.91 Å². The monoisotopic (exact) mass is 377 g/mol. The Morgan fingerprint density at radius 2 is 1.68 bits per heavy atom. The van der Waals surface area contributed by atoms with Gasteiger partial charge >= 0.3 is 0 Å². The number of methoxy groups -OCH3 is 2. The quantitative estimate of drug-likeness (QED) is 0.624. The fraction of sp³-hybridized carbons (Fsp3) is 0.182. The minimum absolute atomic E-state index is 0.175. The highest BCUT2D eigenvalue weighted by Gasteiger charge is 2.09. The van der Waals surface area contributed by atoms with Crippen LogP contribution in [-0.2, 0) is 6.42 Å². The van der Waals surface area contributed by atoms with E-state index in [0.29, 0.717) is 30.0 Å². The molecule has 1 heterocycles. The zero-order valence-corrected chi connectivity index (χ0v) is 15.9. The summed E-state index contributed by atoms with van der Waals surface area (Å²) in [7, 11) is 3.26. The number of pyridine rings is 1. The number of hydrogen-bond donors (Lipinski definition) is 2. The van der Waals surface area contributed by atoms with Crippen molar-refractivity contribution < 1.29 is 14.3 Å². The molecule has 6 heteroatoms. The lowest BCUT2D eigenvalue weighted by atomic mass is 10.1. The molecule has 144 valence electrons. The van der Waals surface area contributed by atoms with E-state index in [4.69, 9.17) is 9.47 Å². The zero-order valence-electron chi connectivity index (χ0n) is 15.9. The molecule has 3 aromatic rings. The first-order valence-electron chi connectivity index (χ1n) is 8.96. The van der Waals surface area contributed by atoms with E-state index in [1.54, 1.807) is 32.7 Å². The molecule has 6 nitrogen and oxygen atoms in total. The minimum Gasteiger partial charge on any atom is -0.496 e. The van der Waals surface area contributed by atoms with Crippen molar-refractivity contribution in [3.63, 3.8) is 0 Å². The first-order chi connectivity index (χ1) is 13.7. The Bertz CT molecular complexity index is 944. The number of hydrogen-bond acceptors (Lipinski definition) is 5. The SMILES string of the molecule is COc1ccccc1CCNC(=O)c1cncc(Nc2ccccc2OC)c1. The highest BCUT2D eigenvalue weighted by atomic mass is 16.5. The Balaban J connectivity index is 1.62. The molecule has 0 saturated carbocycles. The van der Waals surface area contributed by atoms with Gasteiger partial charge in [-0.15, -0.1) is 0 Å². The van der Waals surface area contributed by atoms with Crippen LogP contribution in [0.3, 0.4) is 0 Å². The number of ether oxygens (including phenoxy) is 2. The average molecular weight is 377 g/mol. The number of amides is 1. The van der Waals surface area contributed by atoms with Gasteiger partial charge in [-0.05, 0) is 36.2 Å². The fourth-order valence-corrected chi connectivity index (χ4v) is 2.86. The van der Waals surface area contributed by atoms with Crippen molar-refractivity contribution in [1.82, 2.24) is 10.3 Å². The molecule has 0 saturated heterocycles. The molecule has 0 atom stereocenters. The molecule has 0 aliphatic heterocycles. The van der Waals surface area contributed by atoms with E-state index in [9.17, 15) is 4.79 Å². The number of anilines is 2. The second-order valence-electron chi connectivity index (χ2n) is 6.11. The molecule has 0 radical (unpaired) electrons. The van der Waals surface area contributed by atoms with Crippen molar-refractivity contribution in [3.05, 3.63) is 78.1 Å². The molecule has 0 aliphatic rings. The van der Waals surface area contributed by atoms with E-state index in [1.165, 1.54) is 0 Å². The van der Waals surface area contributed by atoms with E-state index >= 15 is 0 Å². The van der Waals surface area contributed by atoms with Crippen LogP contribution in [0.4, 0.5) is 11.4 Å². The molecule has 0 aliphatic carbocycles. The highest BCUT2D eigenvalue weighted by molar-refractivity contribution is 5.94. The van der Waals surface area contributed by atoms with Crippen molar-refractivity contribution in [2.24, 2.45) is 0 Å². The summed E-state index contributed by atoms with van der Waals surface area (Å²) in [6, 6.07) is 17.1. The Kier molecular flexibility index (Phi) is 6.46. The molecule has 2 N–H and O–H groups in total. The Hall–Kier alpha value is -3.54. The van der Waals surface area contributed by atoms with E-state index in [2.05, 4.69) is 15.6 Å². The van der Waals surface area contributed by atoms with Gasteiger partial charge in [-0.2, -0.15) is 0 Å². The smallest absolute Gasteiger partial charge is 0.252 e. The van der Waals surface area contributed by atoms with Gasteiger partial charge in [0.15, 0.2) is 0 Å². The van der Waals surface area contributed by atoms with Crippen molar-refractivity contribution in [3.8, 4) is 11.5 Å². The van der Waals surface area contributed by atoms with Crippen molar-refractivity contribution in [2.45, 2.75) is 6.42 Å². The standard InChI is InChI=1S/C22H23N3O3/c1-27-20-9-5-3-7-16(20)11-12-24-22(26)17-13-18(15-23-14-17)25-19-8-4-6-10-21(19)28-2/h3-10,13-15,25H,11-12H2,1-2H3,(H,24,26). The van der Waals surface area contributed by atoms with Crippen LogP contribution in [0.25, 0.3) is 0 Å². The maximum atomic E-state index is 12.5. The summed E-state index contributed by atoms with van der Waals surface area (Å²) in [4.78, 5) is 16.6.